The Balaban J connectivity index is 2.18. The number of benzene rings is 1. The second-order valence-corrected chi connectivity index (χ2v) is 5.46. The van der Waals surface area contributed by atoms with Crippen LogP contribution in [0.15, 0.2) is 23.8 Å². The van der Waals surface area contributed by atoms with Gasteiger partial charge in [-0.05, 0) is 50.7 Å². The van der Waals surface area contributed by atoms with E-state index >= 15 is 0 Å². The van der Waals surface area contributed by atoms with Crippen molar-refractivity contribution < 1.29 is 14.6 Å². The molecule has 0 heterocycles. The van der Waals surface area contributed by atoms with Crippen molar-refractivity contribution in [3.63, 3.8) is 0 Å². The topological polar surface area (TPSA) is 49.8 Å². The van der Waals surface area contributed by atoms with Gasteiger partial charge in [0.2, 0.25) is 0 Å². The highest BCUT2D eigenvalue weighted by Gasteiger charge is 2.29. The molecule has 0 aliphatic heterocycles. The summed E-state index contributed by atoms with van der Waals surface area (Å²) in [6.45, 7) is 0.783. The minimum absolute atomic E-state index is 0.0802. The van der Waals surface area contributed by atoms with Crippen LogP contribution in [0.25, 0.3) is 6.08 Å². The Labute approximate surface area is 119 Å². The third-order valence-corrected chi connectivity index (χ3v) is 3.60. The van der Waals surface area contributed by atoms with E-state index in [0.717, 1.165) is 25.0 Å². The lowest BCUT2D eigenvalue weighted by molar-refractivity contribution is -0.118. The van der Waals surface area contributed by atoms with E-state index in [4.69, 9.17) is 4.74 Å². The molecule has 1 aliphatic rings. The number of allylic oxidation sites excluding steroid dienone is 1. The normalized spacial score (nSPS) is 20.9. The second-order valence-electron chi connectivity index (χ2n) is 5.46. The number of methoxy groups -OCH3 is 1. The van der Waals surface area contributed by atoms with Gasteiger partial charge in [0.1, 0.15) is 11.5 Å². The summed E-state index contributed by atoms with van der Waals surface area (Å²) in [7, 11) is 5.51. The number of ether oxygens (including phenoxy) is 1. The number of phenols is 1. The number of nitrogens with zero attached hydrogens (tertiary/aromatic N) is 1. The molecule has 0 amide bonds. The molecule has 1 fully saturated rings. The van der Waals surface area contributed by atoms with Crippen molar-refractivity contribution in [2.75, 3.05) is 27.7 Å². The quantitative estimate of drug-likeness (QED) is 0.857. The van der Waals surface area contributed by atoms with Crippen LogP contribution in [0.3, 0.4) is 0 Å². The third kappa shape index (κ3) is 3.20. The molecule has 2 rings (SSSR count). The number of carbonyl (C=O) groups is 1. The number of aromatic hydroxyl groups is 1. The van der Waals surface area contributed by atoms with Crippen LogP contribution in [0.1, 0.15) is 18.4 Å². The molecule has 1 aliphatic carbocycles. The zero-order chi connectivity index (χ0) is 14.7. The van der Waals surface area contributed by atoms with Crippen LogP contribution in [0.2, 0.25) is 0 Å². The summed E-state index contributed by atoms with van der Waals surface area (Å²) >= 11 is 0. The predicted molar refractivity (Wildman–Crippen MR) is 78.9 cm³/mol. The van der Waals surface area contributed by atoms with Crippen LogP contribution < -0.4 is 4.74 Å². The Bertz CT molecular complexity index is 535. The summed E-state index contributed by atoms with van der Waals surface area (Å²) in [6, 6.07) is 5.11. The van der Waals surface area contributed by atoms with E-state index in [2.05, 4.69) is 0 Å². The SMILES string of the molecule is COc1ccc(C=C2CCC(CN(C)C)C2=O)c(O)c1. The largest absolute Gasteiger partial charge is 0.507 e. The predicted octanol–water partition coefficient (Wildman–Crippen LogP) is 2.32. The fourth-order valence-corrected chi connectivity index (χ4v) is 2.56. The molecular formula is C16H21NO3. The van der Waals surface area contributed by atoms with Crippen LogP contribution >= 0.6 is 0 Å². The van der Waals surface area contributed by atoms with Gasteiger partial charge in [-0.15, -0.1) is 0 Å². The van der Waals surface area contributed by atoms with E-state index in [9.17, 15) is 9.90 Å². The van der Waals surface area contributed by atoms with Crippen LogP contribution in [-0.2, 0) is 4.79 Å². The van der Waals surface area contributed by atoms with Crippen LogP contribution in [0.5, 0.6) is 11.5 Å². The van der Waals surface area contributed by atoms with Gasteiger partial charge in [-0.1, -0.05) is 0 Å². The molecular weight excluding hydrogens is 254 g/mol. The summed E-state index contributed by atoms with van der Waals surface area (Å²) < 4.78 is 5.05. The van der Waals surface area contributed by atoms with E-state index in [0.29, 0.717) is 11.3 Å². The van der Waals surface area contributed by atoms with E-state index in [1.807, 2.05) is 19.0 Å². The number of carbonyl (C=O) groups excluding carboxylic acids is 1. The lowest BCUT2D eigenvalue weighted by atomic mass is 10.0. The summed E-state index contributed by atoms with van der Waals surface area (Å²) in [4.78, 5) is 14.3. The molecule has 1 saturated carbocycles. The summed E-state index contributed by atoms with van der Waals surface area (Å²) in [5.41, 5.74) is 1.47. The van der Waals surface area contributed by atoms with E-state index < -0.39 is 0 Å². The fourth-order valence-electron chi connectivity index (χ4n) is 2.56. The highest BCUT2D eigenvalue weighted by Crippen LogP contribution is 2.31. The lowest BCUT2D eigenvalue weighted by Gasteiger charge is -2.13. The Kier molecular flexibility index (Phi) is 4.45. The maximum absolute atomic E-state index is 12.3. The Morgan fingerprint density at radius 1 is 1.45 bits per heavy atom. The van der Waals surface area contributed by atoms with Crippen molar-refractivity contribution in [3.8, 4) is 11.5 Å². The molecule has 4 heteroatoms. The monoisotopic (exact) mass is 275 g/mol. The van der Waals surface area contributed by atoms with Gasteiger partial charge in [-0.2, -0.15) is 0 Å². The fraction of sp³-hybridized carbons (Fsp3) is 0.438. The number of phenolic OH excluding ortho intramolecular Hbond substituents is 1. The number of hydrogen-bond acceptors (Lipinski definition) is 4. The maximum atomic E-state index is 12.3. The van der Waals surface area contributed by atoms with Crippen molar-refractivity contribution in [1.82, 2.24) is 4.90 Å². The summed E-state index contributed by atoms with van der Waals surface area (Å²) in [5.74, 6) is 1.03. The molecule has 20 heavy (non-hydrogen) atoms. The van der Waals surface area contributed by atoms with Crippen LogP contribution in [0, 0.1) is 5.92 Å². The first-order valence-corrected chi connectivity index (χ1v) is 6.77. The van der Waals surface area contributed by atoms with Crippen molar-refractivity contribution >= 4 is 11.9 Å². The second kappa shape index (κ2) is 6.09. The summed E-state index contributed by atoms with van der Waals surface area (Å²) in [6.07, 6.45) is 3.47. The van der Waals surface area contributed by atoms with Crippen LogP contribution in [-0.4, -0.2) is 43.5 Å². The zero-order valence-corrected chi connectivity index (χ0v) is 12.2. The third-order valence-electron chi connectivity index (χ3n) is 3.60. The van der Waals surface area contributed by atoms with Gasteiger partial charge in [0, 0.05) is 24.1 Å². The zero-order valence-electron chi connectivity index (χ0n) is 12.2. The first kappa shape index (κ1) is 14.6. The molecule has 4 nitrogen and oxygen atoms in total. The van der Waals surface area contributed by atoms with Gasteiger partial charge < -0.3 is 14.7 Å². The summed E-state index contributed by atoms with van der Waals surface area (Å²) in [5, 5.41) is 9.94. The van der Waals surface area contributed by atoms with Crippen molar-refractivity contribution in [3.05, 3.63) is 29.3 Å². The highest BCUT2D eigenvalue weighted by molar-refractivity contribution is 6.03. The molecule has 0 aromatic heterocycles. The number of Topliss-reactive ketones (excluding diaryl/α,β-unsaturated/α-hetero) is 1. The molecule has 0 saturated heterocycles. The molecule has 1 aromatic carbocycles. The molecule has 1 atom stereocenters. The van der Waals surface area contributed by atoms with Crippen molar-refractivity contribution in [2.24, 2.45) is 5.92 Å². The van der Waals surface area contributed by atoms with Gasteiger partial charge in [0.25, 0.3) is 0 Å². The van der Waals surface area contributed by atoms with Crippen molar-refractivity contribution in [2.45, 2.75) is 12.8 Å². The molecule has 0 bridgehead atoms. The van der Waals surface area contributed by atoms with E-state index in [1.165, 1.54) is 0 Å². The standard InChI is InChI=1S/C16H21NO3/c1-17(2)10-13-5-4-12(16(13)19)8-11-6-7-14(20-3)9-15(11)18/h6-9,13,18H,4-5,10H2,1-3H3. The molecule has 0 spiro atoms. The van der Waals surface area contributed by atoms with Crippen LogP contribution in [0.4, 0.5) is 0 Å². The van der Waals surface area contributed by atoms with E-state index in [-0.39, 0.29) is 17.5 Å². The minimum Gasteiger partial charge on any atom is -0.507 e. The molecule has 108 valence electrons. The number of hydrogen-bond donors (Lipinski definition) is 1. The Morgan fingerprint density at radius 2 is 2.20 bits per heavy atom. The number of ketones is 1. The number of rotatable bonds is 4. The first-order chi connectivity index (χ1) is 9.51. The molecule has 1 unspecified atom stereocenters. The average Bonchev–Trinajstić information content (AvgIpc) is 2.73. The lowest BCUT2D eigenvalue weighted by Crippen LogP contribution is -2.24. The molecule has 0 radical (unpaired) electrons. The smallest absolute Gasteiger partial charge is 0.163 e. The minimum atomic E-state index is 0.0802. The first-order valence-electron chi connectivity index (χ1n) is 6.77. The molecule has 1 aromatic rings. The van der Waals surface area contributed by atoms with Gasteiger partial charge in [0.15, 0.2) is 5.78 Å². The van der Waals surface area contributed by atoms with Gasteiger partial charge in [-0.3, -0.25) is 4.79 Å². The van der Waals surface area contributed by atoms with Gasteiger partial charge in [0.05, 0.1) is 7.11 Å². The maximum Gasteiger partial charge on any atom is 0.163 e. The Hall–Kier alpha value is -1.81. The van der Waals surface area contributed by atoms with Crippen molar-refractivity contribution in [1.29, 1.82) is 0 Å². The van der Waals surface area contributed by atoms with Gasteiger partial charge in [-0.25, -0.2) is 0 Å². The van der Waals surface area contributed by atoms with Gasteiger partial charge >= 0.3 is 0 Å². The molecule has 1 N–H and O–H groups in total. The average molecular weight is 275 g/mol. The van der Waals surface area contributed by atoms with E-state index in [1.54, 1.807) is 31.4 Å². The highest BCUT2D eigenvalue weighted by atomic mass is 16.5. The Morgan fingerprint density at radius 3 is 2.80 bits per heavy atom.